The van der Waals surface area contributed by atoms with Crippen molar-refractivity contribution in [2.45, 2.75) is 19.0 Å². The lowest BCUT2D eigenvalue weighted by Crippen LogP contribution is -2.41. The first-order valence-electron chi connectivity index (χ1n) is 8.04. The number of nitrogens with one attached hydrogen (secondary N) is 1. The molecular formula is C18H17N5O2. The van der Waals surface area contributed by atoms with E-state index >= 15 is 0 Å². The molecule has 4 rings (SSSR count). The van der Waals surface area contributed by atoms with Crippen molar-refractivity contribution in [2.75, 3.05) is 6.54 Å². The Bertz CT molecular complexity index is 948. The van der Waals surface area contributed by atoms with Crippen molar-refractivity contribution < 1.29 is 9.59 Å². The quantitative estimate of drug-likeness (QED) is 0.739. The van der Waals surface area contributed by atoms with Gasteiger partial charge in [-0.3, -0.25) is 14.4 Å². The number of hydrogen-bond acceptors (Lipinski definition) is 4. The summed E-state index contributed by atoms with van der Waals surface area (Å²) in [5.41, 5.74) is -0.285. The summed E-state index contributed by atoms with van der Waals surface area (Å²) in [6.45, 7) is 2.41. The number of aromatic nitrogens is 3. The standard InChI is InChI=1S/C18H17N5O2/c1-18(15-8-4-6-13-5-2-3-7-14(13)15)16(24)23(17(25)21-18)10-9-22-12-19-11-20-22/h2-8,11-12H,9-10H2,1H3,(H,21,25)/t18-/m1/s1. The maximum Gasteiger partial charge on any atom is 0.325 e. The molecule has 1 atom stereocenters. The van der Waals surface area contributed by atoms with Gasteiger partial charge in [0.15, 0.2) is 0 Å². The number of urea groups is 1. The van der Waals surface area contributed by atoms with Gasteiger partial charge in [0.2, 0.25) is 0 Å². The third kappa shape index (κ3) is 2.44. The summed E-state index contributed by atoms with van der Waals surface area (Å²) < 4.78 is 1.59. The smallest absolute Gasteiger partial charge is 0.319 e. The maximum atomic E-state index is 13.0. The molecule has 0 aliphatic carbocycles. The van der Waals surface area contributed by atoms with Crippen LogP contribution in [0.25, 0.3) is 10.8 Å². The lowest BCUT2D eigenvalue weighted by Gasteiger charge is -2.24. The van der Waals surface area contributed by atoms with Crippen LogP contribution in [-0.4, -0.2) is 38.1 Å². The monoisotopic (exact) mass is 335 g/mol. The average molecular weight is 335 g/mol. The van der Waals surface area contributed by atoms with E-state index < -0.39 is 5.54 Å². The first-order valence-corrected chi connectivity index (χ1v) is 8.04. The van der Waals surface area contributed by atoms with E-state index in [4.69, 9.17) is 0 Å². The van der Waals surface area contributed by atoms with Gasteiger partial charge in [-0.05, 0) is 23.3 Å². The van der Waals surface area contributed by atoms with Crippen LogP contribution in [0, 0.1) is 0 Å². The van der Waals surface area contributed by atoms with Crippen molar-refractivity contribution in [3.05, 3.63) is 60.7 Å². The van der Waals surface area contributed by atoms with Crippen LogP contribution >= 0.6 is 0 Å². The van der Waals surface area contributed by atoms with Gasteiger partial charge < -0.3 is 5.32 Å². The van der Waals surface area contributed by atoms with Crippen molar-refractivity contribution in [1.82, 2.24) is 25.0 Å². The van der Waals surface area contributed by atoms with E-state index in [1.807, 2.05) is 42.5 Å². The topological polar surface area (TPSA) is 80.1 Å². The van der Waals surface area contributed by atoms with Crippen LogP contribution in [0.3, 0.4) is 0 Å². The van der Waals surface area contributed by atoms with Gasteiger partial charge in [-0.2, -0.15) is 5.10 Å². The molecular weight excluding hydrogens is 318 g/mol. The molecule has 7 nitrogen and oxygen atoms in total. The molecule has 2 heterocycles. The summed E-state index contributed by atoms with van der Waals surface area (Å²) in [7, 11) is 0. The van der Waals surface area contributed by atoms with Gasteiger partial charge in [-0.15, -0.1) is 0 Å². The molecule has 7 heteroatoms. The lowest BCUT2D eigenvalue weighted by molar-refractivity contribution is -0.131. The van der Waals surface area contributed by atoms with Crippen molar-refractivity contribution in [3.8, 4) is 0 Å². The van der Waals surface area contributed by atoms with Crippen molar-refractivity contribution in [2.24, 2.45) is 0 Å². The highest BCUT2D eigenvalue weighted by Gasteiger charge is 2.49. The number of nitrogens with zero attached hydrogens (tertiary/aromatic N) is 4. The minimum Gasteiger partial charge on any atom is -0.319 e. The van der Waals surface area contributed by atoms with E-state index in [1.54, 1.807) is 17.9 Å². The van der Waals surface area contributed by atoms with Crippen LogP contribution in [0.1, 0.15) is 12.5 Å². The van der Waals surface area contributed by atoms with Crippen LogP contribution in [0.4, 0.5) is 4.79 Å². The molecule has 2 aromatic carbocycles. The summed E-state index contributed by atoms with van der Waals surface area (Å²) in [6, 6.07) is 13.2. The molecule has 0 saturated carbocycles. The van der Waals surface area contributed by atoms with E-state index in [1.165, 1.54) is 11.2 Å². The number of carbonyl (C=O) groups excluding carboxylic acids is 2. The predicted molar refractivity (Wildman–Crippen MR) is 91.6 cm³/mol. The van der Waals surface area contributed by atoms with Gasteiger partial charge in [0.05, 0.1) is 13.1 Å². The largest absolute Gasteiger partial charge is 0.325 e. The van der Waals surface area contributed by atoms with E-state index in [0.717, 1.165) is 16.3 Å². The minimum atomic E-state index is -1.08. The molecule has 1 aromatic heterocycles. The maximum absolute atomic E-state index is 13.0. The highest BCUT2D eigenvalue weighted by Crippen LogP contribution is 2.33. The molecule has 1 aliphatic heterocycles. The third-order valence-electron chi connectivity index (χ3n) is 4.62. The summed E-state index contributed by atoms with van der Waals surface area (Å²) in [5, 5.41) is 8.85. The van der Waals surface area contributed by atoms with Crippen LogP contribution in [0.15, 0.2) is 55.1 Å². The third-order valence-corrected chi connectivity index (χ3v) is 4.62. The Kier molecular flexibility index (Phi) is 3.49. The molecule has 3 aromatic rings. The van der Waals surface area contributed by atoms with Gasteiger partial charge in [0.1, 0.15) is 18.2 Å². The Balaban J connectivity index is 1.67. The first-order chi connectivity index (χ1) is 12.1. The van der Waals surface area contributed by atoms with Gasteiger partial charge >= 0.3 is 6.03 Å². The highest BCUT2D eigenvalue weighted by atomic mass is 16.2. The predicted octanol–water partition coefficient (Wildman–Crippen LogP) is 1.90. The number of benzene rings is 2. The van der Waals surface area contributed by atoms with Gasteiger partial charge in [-0.25, -0.2) is 9.78 Å². The van der Waals surface area contributed by atoms with Gasteiger partial charge in [0, 0.05) is 0 Å². The van der Waals surface area contributed by atoms with Crippen LogP contribution < -0.4 is 5.32 Å². The number of imide groups is 1. The zero-order valence-corrected chi connectivity index (χ0v) is 13.7. The van der Waals surface area contributed by atoms with Gasteiger partial charge in [0.25, 0.3) is 5.91 Å². The fourth-order valence-corrected chi connectivity index (χ4v) is 3.29. The summed E-state index contributed by atoms with van der Waals surface area (Å²) >= 11 is 0. The van der Waals surface area contributed by atoms with E-state index in [2.05, 4.69) is 15.4 Å². The summed E-state index contributed by atoms with van der Waals surface area (Å²) in [6.07, 6.45) is 2.98. The van der Waals surface area contributed by atoms with Crippen molar-refractivity contribution in [1.29, 1.82) is 0 Å². The SMILES string of the molecule is C[C@]1(c2cccc3ccccc23)NC(=O)N(CCn2cncn2)C1=O. The second kappa shape index (κ2) is 5.70. The van der Waals surface area contributed by atoms with Crippen LogP contribution in [-0.2, 0) is 16.9 Å². The normalized spacial score (nSPS) is 20.3. The van der Waals surface area contributed by atoms with Crippen molar-refractivity contribution >= 4 is 22.7 Å². The average Bonchev–Trinajstić information content (AvgIpc) is 3.21. The molecule has 0 bridgehead atoms. The molecule has 0 radical (unpaired) electrons. The minimum absolute atomic E-state index is 0.244. The highest BCUT2D eigenvalue weighted by molar-refractivity contribution is 6.09. The fourth-order valence-electron chi connectivity index (χ4n) is 3.29. The fraction of sp³-hybridized carbons (Fsp3) is 0.222. The van der Waals surface area contributed by atoms with Gasteiger partial charge in [-0.1, -0.05) is 42.5 Å². The Hall–Kier alpha value is -3.22. The number of rotatable bonds is 4. The Labute approximate surface area is 144 Å². The molecule has 3 amide bonds. The molecule has 1 N–H and O–H groups in total. The van der Waals surface area contributed by atoms with Crippen LogP contribution in [0.2, 0.25) is 0 Å². The Morgan fingerprint density at radius 1 is 1.08 bits per heavy atom. The van der Waals surface area contributed by atoms with Crippen LogP contribution in [0.5, 0.6) is 0 Å². The molecule has 126 valence electrons. The number of carbonyl (C=O) groups is 2. The van der Waals surface area contributed by atoms with E-state index in [0.29, 0.717) is 6.54 Å². The van der Waals surface area contributed by atoms with Crippen molar-refractivity contribution in [3.63, 3.8) is 0 Å². The molecule has 0 unspecified atom stereocenters. The van der Waals surface area contributed by atoms with E-state index in [9.17, 15) is 9.59 Å². The number of hydrogen-bond donors (Lipinski definition) is 1. The second-order valence-corrected chi connectivity index (χ2v) is 6.20. The zero-order chi connectivity index (χ0) is 17.4. The lowest BCUT2D eigenvalue weighted by atomic mass is 9.88. The first kappa shape index (κ1) is 15.3. The second-order valence-electron chi connectivity index (χ2n) is 6.20. The molecule has 1 fully saturated rings. The van der Waals surface area contributed by atoms with E-state index in [-0.39, 0.29) is 18.5 Å². The number of amides is 3. The molecule has 1 aliphatic rings. The number of fused-ring (bicyclic) bond motifs is 1. The molecule has 25 heavy (non-hydrogen) atoms. The Morgan fingerprint density at radius 2 is 1.88 bits per heavy atom. The molecule has 0 spiro atoms. The Morgan fingerprint density at radius 3 is 2.68 bits per heavy atom. The zero-order valence-electron chi connectivity index (χ0n) is 13.7. The summed E-state index contributed by atoms with van der Waals surface area (Å²) in [4.78, 5) is 30.6. The molecule has 1 saturated heterocycles. The summed E-state index contributed by atoms with van der Waals surface area (Å²) in [5.74, 6) is -0.256.